The largest absolute Gasteiger partial charge is 0.356 e. The monoisotopic (exact) mass is 255 g/mol. The first-order valence-corrected chi connectivity index (χ1v) is 5.94. The topological polar surface area (TPSA) is 65.2 Å². The van der Waals surface area contributed by atoms with Gasteiger partial charge in [-0.15, -0.1) is 0 Å². The highest BCUT2D eigenvalue weighted by molar-refractivity contribution is 6.31. The molecular weight excluding hydrogens is 242 g/mol. The van der Waals surface area contributed by atoms with Crippen LogP contribution in [0.15, 0.2) is 12.3 Å². The maximum Gasteiger partial charge on any atom is 0.271 e. The molecule has 0 aliphatic carbocycles. The first-order valence-electron chi connectivity index (χ1n) is 5.56. The van der Waals surface area contributed by atoms with Gasteiger partial charge in [0.1, 0.15) is 11.7 Å². The van der Waals surface area contributed by atoms with Crippen LogP contribution < -0.4 is 5.32 Å². The Morgan fingerprint density at radius 3 is 3.00 bits per heavy atom. The average molecular weight is 256 g/mol. The Labute approximate surface area is 104 Å². The molecule has 17 heavy (non-hydrogen) atoms. The molecule has 6 heteroatoms. The molecule has 2 rings (SSSR count). The Balaban J connectivity index is 2.20. The number of nitrogens with zero attached hydrogens (tertiary/aromatic N) is 1. The van der Waals surface area contributed by atoms with Gasteiger partial charge in [-0.05, 0) is 12.5 Å². The van der Waals surface area contributed by atoms with Gasteiger partial charge in [-0.25, -0.2) is 0 Å². The SMILES string of the molecule is CCC1C(=O)NCCN1C(=O)c1cc(Cl)c[nH]1. The van der Waals surface area contributed by atoms with Crippen molar-refractivity contribution in [2.24, 2.45) is 0 Å². The van der Waals surface area contributed by atoms with Gasteiger partial charge >= 0.3 is 0 Å². The zero-order valence-corrected chi connectivity index (χ0v) is 10.3. The number of hydrogen-bond acceptors (Lipinski definition) is 2. The van der Waals surface area contributed by atoms with Crippen LogP contribution in [-0.2, 0) is 4.79 Å². The molecule has 5 nitrogen and oxygen atoms in total. The molecular formula is C11H14ClN3O2. The number of H-pyrrole nitrogens is 1. The summed E-state index contributed by atoms with van der Waals surface area (Å²) in [5, 5.41) is 3.24. The molecule has 0 radical (unpaired) electrons. The molecule has 2 amide bonds. The van der Waals surface area contributed by atoms with E-state index in [0.29, 0.717) is 30.2 Å². The van der Waals surface area contributed by atoms with Gasteiger partial charge in [0.05, 0.1) is 5.02 Å². The second kappa shape index (κ2) is 4.79. The van der Waals surface area contributed by atoms with E-state index in [9.17, 15) is 9.59 Å². The van der Waals surface area contributed by atoms with Crippen molar-refractivity contribution in [3.8, 4) is 0 Å². The molecule has 0 bridgehead atoms. The lowest BCUT2D eigenvalue weighted by Gasteiger charge is -2.34. The summed E-state index contributed by atoms with van der Waals surface area (Å²) < 4.78 is 0. The molecule has 1 aromatic heterocycles. The van der Waals surface area contributed by atoms with E-state index >= 15 is 0 Å². The zero-order chi connectivity index (χ0) is 12.4. The Morgan fingerprint density at radius 1 is 1.65 bits per heavy atom. The van der Waals surface area contributed by atoms with Crippen molar-refractivity contribution in [1.82, 2.24) is 15.2 Å². The first kappa shape index (κ1) is 12.0. The number of carbonyl (C=O) groups excluding carboxylic acids is 2. The number of halogens is 1. The summed E-state index contributed by atoms with van der Waals surface area (Å²) in [6, 6.07) is 1.18. The third kappa shape index (κ3) is 2.29. The standard InChI is InChI=1S/C11H14ClN3O2/c1-2-9-10(16)13-3-4-15(9)11(17)8-5-7(12)6-14-8/h5-6,9,14H,2-4H2,1H3,(H,13,16). The summed E-state index contributed by atoms with van der Waals surface area (Å²) in [6.07, 6.45) is 2.16. The third-order valence-corrected chi connectivity index (χ3v) is 3.07. The molecule has 1 saturated heterocycles. The number of amides is 2. The van der Waals surface area contributed by atoms with E-state index in [4.69, 9.17) is 11.6 Å². The normalized spacial score (nSPS) is 20.2. The van der Waals surface area contributed by atoms with Crippen LogP contribution in [0.2, 0.25) is 5.02 Å². The number of hydrogen-bond donors (Lipinski definition) is 2. The van der Waals surface area contributed by atoms with Crippen molar-refractivity contribution >= 4 is 23.4 Å². The molecule has 1 fully saturated rings. The molecule has 1 atom stereocenters. The minimum atomic E-state index is -0.390. The summed E-state index contributed by atoms with van der Waals surface area (Å²) >= 11 is 5.76. The second-order valence-corrected chi connectivity index (χ2v) is 4.38. The summed E-state index contributed by atoms with van der Waals surface area (Å²) in [5.74, 6) is -0.275. The van der Waals surface area contributed by atoms with Gasteiger partial charge in [-0.2, -0.15) is 0 Å². The molecule has 1 aliphatic heterocycles. The van der Waals surface area contributed by atoms with Crippen LogP contribution >= 0.6 is 11.6 Å². The molecule has 1 aliphatic rings. The number of rotatable bonds is 2. The Hall–Kier alpha value is -1.49. The average Bonchev–Trinajstić information content (AvgIpc) is 2.74. The van der Waals surface area contributed by atoms with Gasteiger partial charge in [0.15, 0.2) is 0 Å². The zero-order valence-electron chi connectivity index (χ0n) is 9.50. The smallest absolute Gasteiger partial charge is 0.271 e. The first-order chi connectivity index (χ1) is 8.13. The molecule has 1 unspecified atom stereocenters. The van der Waals surface area contributed by atoms with E-state index < -0.39 is 6.04 Å². The van der Waals surface area contributed by atoms with Gasteiger partial charge in [0.25, 0.3) is 5.91 Å². The molecule has 2 heterocycles. The quantitative estimate of drug-likeness (QED) is 0.829. The lowest BCUT2D eigenvalue weighted by Crippen LogP contribution is -2.56. The lowest BCUT2D eigenvalue weighted by atomic mass is 10.1. The van der Waals surface area contributed by atoms with Crippen molar-refractivity contribution in [2.75, 3.05) is 13.1 Å². The van der Waals surface area contributed by atoms with Crippen LogP contribution in [0.3, 0.4) is 0 Å². The molecule has 1 aromatic rings. The predicted octanol–water partition coefficient (Wildman–Crippen LogP) is 1.02. The van der Waals surface area contributed by atoms with Gasteiger partial charge in [-0.3, -0.25) is 9.59 Å². The van der Waals surface area contributed by atoms with Crippen molar-refractivity contribution in [1.29, 1.82) is 0 Å². The van der Waals surface area contributed by atoms with Crippen LogP contribution in [0.25, 0.3) is 0 Å². The van der Waals surface area contributed by atoms with Crippen LogP contribution in [-0.4, -0.2) is 40.8 Å². The summed E-state index contributed by atoms with van der Waals surface area (Å²) in [4.78, 5) is 28.2. The predicted molar refractivity (Wildman–Crippen MR) is 63.9 cm³/mol. The highest BCUT2D eigenvalue weighted by Crippen LogP contribution is 2.15. The number of piperazine rings is 1. The maximum atomic E-state index is 12.2. The highest BCUT2D eigenvalue weighted by Gasteiger charge is 2.32. The van der Waals surface area contributed by atoms with E-state index in [1.165, 1.54) is 0 Å². The van der Waals surface area contributed by atoms with Gasteiger partial charge in [0.2, 0.25) is 5.91 Å². The van der Waals surface area contributed by atoms with Crippen LogP contribution in [0.5, 0.6) is 0 Å². The summed E-state index contributed by atoms with van der Waals surface area (Å²) in [5.41, 5.74) is 0.420. The molecule has 0 spiro atoms. The maximum absolute atomic E-state index is 12.2. The van der Waals surface area contributed by atoms with Gasteiger partial charge < -0.3 is 15.2 Å². The number of aromatic amines is 1. The Kier molecular flexibility index (Phi) is 3.38. The molecule has 92 valence electrons. The van der Waals surface area contributed by atoms with Crippen LogP contribution in [0, 0.1) is 0 Å². The summed E-state index contributed by atoms with van der Waals surface area (Å²) in [7, 11) is 0. The molecule has 0 saturated carbocycles. The molecule has 0 aromatic carbocycles. The van der Waals surface area contributed by atoms with Gasteiger partial charge in [-0.1, -0.05) is 18.5 Å². The van der Waals surface area contributed by atoms with Crippen LogP contribution in [0.1, 0.15) is 23.8 Å². The summed E-state index contributed by atoms with van der Waals surface area (Å²) in [6.45, 7) is 2.91. The van der Waals surface area contributed by atoms with Crippen molar-refractivity contribution in [3.05, 3.63) is 23.0 Å². The van der Waals surface area contributed by atoms with Crippen molar-refractivity contribution in [2.45, 2.75) is 19.4 Å². The number of aromatic nitrogens is 1. The van der Waals surface area contributed by atoms with Crippen molar-refractivity contribution < 1.29 is 9.59 Å². The van der Waals surface area contributed by atoms with E-state index in [0.717, 1.165) is 0 Å². The van der Waals surface area contributed by atoms with Crippen molar-refractivity contribution in [3.63, 3.8) is 0 Å². The fourth-order valence-electron chi connectivity index (χ4n) is 2.01. The van der Waals surface area contributed by atoms with E-state index in [-0.39, 0.29) is 11.8 Å². The third-order valence-electron chi connectivity index (χ3n) is 2.86. The second-order valence-electron chi connectivity index (χ2n) is 3.95. The fraction of sp³-hybridized carbons (Fsp3) is 0.455. The van der Waals surface area contributed by atoms with E-state index in [1.54, 1.807) is 17.2 Å². The highest BCUT2D eigenvalue weighted by atomic mass is 35.5. The Morgan fingerprint density at radius 2 is 2.41 bits per heavy atom. The van der Waals surface area contributed by atoms with Crippen LogP contribution in [0.4, 0.5) is 0 Å². The fourth-order valence-corrected chi connectivity index (χ4v) is 2.17. The number of carbonyl (C=O) groups is 2. The van der Waals surface area contributed by atoms with E-state index in [2.05, 4.69) is 10.3 Å². The Bertz CT molecular complexity index is 444. The molecule has 2 N–H and O–H groups in total. The van der Waals surface area contributed by atoms with E-state index in [1.807, 2.05) is 6.92 Å². The minimum Gasteiger partial charge on any atom is -0.356 e. The number of nitrogens with one attached hydrogen (secondary N) is 2. The minimum absolute atomic E-state index is 0.0928. The lowest BCUT2D eigenvalue weighted by molar-refractivity contribution is -0.127. The van der Waals surface area contributed by atoms with Gasteiger partial charge in [0, 0.05) is 19.3 Å².